The van der Waals surface area contributed by atoms with Gasteiger partial charge in [-0.3, -0.25) is 10.1 Å². The van der Waals surface area contributed by atoms with E-state index in [2.05, 4.69) is 10.6 Å². The molecular weight excluding hydrogens is 307 g/mol. The average Bonchev–Trinajstić information content (AvgIpc) is 2.79. The first kappa shape index (κ1) is 15.3. The molecule has 122 valence electrons. The SMILES string of the molecule is CCCOC(=O)[C@@H]1CC2(NC(=O)NC2=O)c2cc(F)ccc2O1. The molecule has 23 heavy (non-hydrogen) atoms. The van der Waals surface area contributed by atoms with Gasteiger partial charge in [-0.25, -0.2) is 14.0 Å². The molecule has 0 saturated carbocycles. The van der Waals surface area contributed by atoms with E-state index in [1.54, 1.807) is 0 Å². The molecule has 1 fully saturated rings. The summed E-state index contributed by atoms with van der Waals surface area (Å²) in [4.78, 5) is 36.0. The number of urea groups is 1. The van der Waals surface area contributed by atoms with Gasteiger partial charge in [-0.2, -0.15) is 0 Å². The molecule has 3 amide bonds. The summed E-state index contributed by atoms with van der Waals surface area (Å²) in [6.07, 6.45) is -0.588. The number of hydrogen-bond donors (Lipinski definition) is 2. The molecule has 0 radical (unpaired) electrons. The molecule has 1 unspecified atom stereocenters. The summed E-state index contributed by atoms with van der Waals surface area (Å²) in [6.45, 7) is 2.07. The fourth-order valence-corrected chi connectivity index (χ4v) is 2.77. The van der Waals surface area contributed by atoms with Crippen molar-refractivity contribution in [1.82, 2.24) is 10.6 Å². The second kappa shape index (κ2) is 5.53. The summed E-state index contributed by atoms with van der Waals surface area (Å²) in [5.74, 6) is -1.69. The van der Waals surface area contributed by atoms with E-state index in [0.717, 1.165) is 12.1 Å². The number of fused-ring (bicyclic) bond motifs is 2. The average molecular weight is 322 g/mol. The Kier molecular flexibility index (Phi) is 3.67. The number of halogens is 1. The molecule has 3 rings (SSSR count). The minimum atomic E-state index is -1.54. The largest absolute Gasteiger partial charge is 0.478 e. The van der Waals surface area contributed by atoms with Crippen LogP contribution < -0.4 is 15.4 Å². The topological polar surface area (TPSA) is 93.7 Å². The van der Waals surface area contributed by atoms with Gasteiger partial charge in [0.1, 0.15) is 11.6 Å². The molecule has 2 N–H and O–H groups in total. The second-order valence-electron chi connectivity index (χ2n) is 5.43. The maximum atomic E-state index is 13.6. The van der Waals surface area contributed by atoms with Crippen molar-refractivity contribution in [3.8, 4) is 5.75 Å². The standard InChI is InChI=1S/C15H15FN2O5/c1-2-5-22-12(19)11-7-15(13(20)17-14(21)18-15)9-6-8(16)3-4-10(9)23-11/h3-4,6,11H,2,5,7H2,1H3,(H2,17,18,20,21)/t11-,15?/m0/s1. The lowest BCUT2D eigenvalue weighted by molar-refractivity contribution is -0.154. The third-order valence-corrected chi connectivity index (χ3v) is 3.82. The number of hydrogen-bond acceptors (Lipinski definition) is 5. The van der Waals surface area contributed by atoms with Gasteiger partial charge >= 0.3 is 12.0 Å². The Balaban J connectivity index is 2.01. The maximum Gasteiger partial charge on any atom is 0.347 e. The Bertz CT molecular complexity index is 692. The van der Waals surface area contributed by atoms with E-state index in [1.807, 2.05) is 6.92 Å². The van der Waals surface area contributed by atoms with Crippen molar-refractivity contribution in [2.45, 2.75) is 31.4 Å². The first-order valence-electron chi connectivity index (χ1n) is 7.23. The predicted molar refractivity (Wildman–Crippen MR) is 75.0 cm³/mol. The van der Waals surface area contributed by atoms with Gasteiger partial charge in [-0.1, -0.05) is 6.92 Å². The van der Waals surface area contributed by atoms with E-state index in [9.17, 15) is 18.8 Å². The van der Waals surface area contributed by atoms with E-state index in [-0.39, 0.29) is 24.3 Å². The molecule has 2 aliphatic heterocycles. The number of carbonyl (C=O) groups excluding carboxylic acids is 3. The number of nitrogens with one attached hydrogen (secondary N) is 2. The van der Waals surface area contributed by atoms with Crippen molar-refractivity contribution < 1.29 is 28.2 Å². The van der Waals surface area contributed by atoms with Crippen LogP contribution in [0.4, 0.5) is 9.18 Å². The minimum absolute atomic E-state index is 0.161. The van der Waals surface area contributed by atoms with Crippen molar-refractivity contribution in [2.75, 3.05) is 6.61 Å². The van der Waals surface area contributed by atoms with Crippen molar-refractivity contribution in [3.05, 3.63) is 29.6 Å². The molecule has 2 aliphatic rings. The smallest absolute Gasteiger partial charge is 0.347 e. The van der Waals surface area contributed by atoms with E-state index in [4.69, 9.17) is 9.47 Å². The van der Waals surface area contributed by atoms with Gasteiger partial charge < -0.3 is 14.8 Å². The lowest BCUT2D eigenvalue weighted by atomic mass is 9.81. The van der Waals surface area contributed by atoms with Crippen LogP contribution in [-0.4, -0.2) is 30.6 Å². The van der Waals surface area contributed by atoms with Crippen LogP contribution in [0.3, 0.4) is 0 Å². The summed E-state index contributed by atoms with van der Waals surface area (Å²) in [6, 6.07) is 2.89. The first-order chi connectivity index (χ1) is 11.0. The second-order valence-corrected chi connectivity index (χ2v) is 5.43. The van der Waals surface area contributed by atoms with E-state index in [0.29, 0.717) is 6.42 Å². The lowest BCUT2D eigenvalue weighted by Gasteiger charge is -2.36. The fraction of sp³-hybridized carbons (Fsp3) is 0.400. The molecule has 1 aromatic carbocycles. The number of carbonyl (C=O) groups is 3. The number of imide groups is 1. The summed E-state index contributed by atoms with van der Waals surface area (Å²) >= 11 is 0. The van der Waals surface area contributed by atoms with Crippen molar-refractivity contribution in [2.24, 2.45) is 0 Å². The van der Waals surface area contributed by atoms with Gasteiger partial charge in [0.15, 0.2) is 11.6 Å². The quantitative estimate of drug-likeness (QED) is 0.639. The molecule has 2 heterocycles. The Morgan fingerprint density at radius 2 is 2.26 bits per heavy atom. The Morgan fingerprint density at radius 1 is 1.48 bits per heavy atom. The highest BCUT2D eigenvalue weighted by Crippen LogP contribution is 2.41. The zero-order chi connectivity index (χ0) is 16.6. The van der Waals surface area contributed by atoms with Crippen molar-refractivity contribution in [3.63, 3.8) is 0 Å². The molecule has 0 aromatic heterocycles. The number of rotatable bonds is 3. The zero-order valence-electron chi connectivity index (χ0n) is 12.3. The van der Waals surface area contributed by atoms with Crippen LogP contribution in [0.25, 0.3) is 0 Å². The highest BCUT2D eigenvalue weighted by atomic mass is 19.1. The maximum absolute atomic E-state index is 13.6. The van der Waals surface area contributed by atoms with Gasteiger partial charge in [0.25, 0.3) is 5.91 Å². The Morgan fingerprint density at radius 3 is 2.91 bits per heavy atom. The van der Waals surface area contributed by atoms with E-state index >= 15 is 0 Å². The van der Waals surface area contributed by atoms with Gasteiger partial charge in [0.2, 0.25) is 0 Å². The highest BCUT2D eigenvalue weighted by molar-refractivity contribution is 6.08. The van der Waals surface area contributed by atoms with Gasteiger partial charge in [-0.05, 0) is 24.6 Å². The minimum Gasteiger partial charge on any atom is -0.478 e. The third-order valence-electron chi connectivity index (χ3n) is 3.82. The Hall–Kier alpha value is -2.64. The molecule has 1 saturated heterocycles. The van der Waals surface area contributed by atoms with Crippen LogP contribution in [-0.2, 0) is 19.9 Å². The molecule has 2 atom stereocenters. The third kappa shape index (κ3) is 2.49. The van der Waals surface area contributed by atoms with Crippen molar-refractivity contribution in [1.29, 1.82) is 0 Å². The van der Waals surface area contributed by atoms with Crippen LogP contribution in [0.1, 0.15) is 25.3 Å². The lowest BCUT2D eigenvalue weighted by Crippen LogP contribution is -2.52. The molecule has 0 aliphatic carbocycles. The summed E-state index contributed by atoms with van der Waals surface area (Å²) < 4.78 is 24.2. The van der Waals surface area contributed by atoms with Gasteiger partial charge in [0, 0.05) is 12.0 Å². The number of esters is 1. The molecular formula is C15H15FN2O5. The van der Waals surface area contributed by atoms with Crippen LogP contribution in [0.2, 0.25) is 0 Å². The normalized spacial score (nSPS) is 25.4. The Labute approximate surface area is 131 Å². The molecule has 0 bridgehead atoms. The van der Waals surface area contributed by atoms with Crippen LogP contribution in [0, 0.1) is 5.82 Å². The summed E-state index contributed by atoms with van der Waals surface area (Å²) in [5, 5.41) is 4.61. The van der Waals surface area contributed by atoms with E-state index < -0.39 is 35.4 Å². The fourth-order valence-electron chi connectivity index (χ4n) is 2.77. The van der Waals surface area contributed by atoms with Gasteiger partial charge in [0.05, 0.1) is 6.61 Å². The van der Waals surface area contributed by atoms with E-state index in [1.165, 1.54) is 6.07 Å². The summed E-state index contributed by atoms with van der Waals surface area (Å²) in [7, 11) is 0. The number of benzene rings is 1. The van der Waals surface area contributed by atoms with Crippen LogP contribution >= 0.6 is 0 Å². The molecule has 1 aromatic rings. The zero-order valence-corrected chi connectivity index (χ0v) is 12.3. The van der Waals surface area contributed by atoms with Crippen molar-refractivity contribution >= 4 is 17.9 Å². The van der Waals surface area contributed by atoms with Crippen LogP contribution in [0.15, 0.2) is 18.2 Å². The number of amides is 3. The van der Waals surface area contributed by atoms with Crippen LogP contribution in [0.5, 0.6) is 5.75 Å². The highest BCUT2D eigenvalue weighted by Gasteiger charge is 2.55. The van der Waals surface area contributed by atoms with Gasteiger partial charge in [-0.15, -0.1) is 0 Å². The molecule has 1 spiro atoms. The first-order valence-corrected chi connectivity index (χ1v) is 7.23. The monoisotopic (exact) mass is 322 g/mol. The molecule has 8 heteroatoms. The number of ether oxygens (including phenoxy) is 2. The summed E-state index contributed by atoms with van der Waals surface area (Å²) in [5.41, 5.74) is -1.36. The molecule has 7 nitrogen and oxygen atoms in total. The predicted octanol–water partition coefficient (Wildman–Crippen LogP) is 0.965.